The molecule has 0 amide bonds. The van der Waals surface area contributed by atoms with Gasteiger partial charge in [-0.1, -0.05) is 36.4 Å². The van der Waals surface area contributed by atoms with Crippen LogP contribution in [0.4, 0.5) is 0 Å². The van der Waals surface area contributed by atoms with Crippen molar-refractivity contribution in [1.29, 1.82) is 0 Å². The lowest BCUT2D eigenvalue weighted by Crippen LogP contribution is -2.50. The molecule has 2 atom stereocenters. The fourth-order valence-corrected chi connectivity index (χ4v) is 3.90. The Hall–Kier alpha value is -1.16. The molecule has 0 bridgehead atoms. The summed E-state index contributed by atoms with van der Waals surface area (Å²) in [7, 11) is 0. The molecular formula is C17H22N2S. The first-order valence-electron chi connectivity index (χ1n) is 7.38. The second-order valence-electron chi connectivity index (χ2n) is 5.50. The normalized spacial score (nSPS) is 21.8. The molecule has 1 aliphatic rings. The molecular weight excluding hydrogens is 264 g/mol. The highest BCUT2D eigenvalue weighted by atomic mass is 32.1. The van der Waals surface area contributed by atoms with Crippen LogP contribution in [-0.2, 0) is 6.42 Å². The van der Waals surface area contributed by atoms with E-state index in [1.807, 2.05) is 11.3 Å². The van der Waals surface area contributed by atoms with Crippen molar-refractivity contribution in [2.24, 2.45) is 0 Å². The Balaban J connectivity index is 1.75. The van der Waals surface area contributed by atoms with Gasteiger partial charge in [-0.2, -0.15) is 0 Å². The van der Waals surface area contributed by atoms with E-state index in [0.29, 0.717) is 12.1 Å². The van der Waals surface area contributed by atoms with Gasteiger partial charge in [0.25, 0.3) is 0 Å². The molecule has 2 heterocycles. The molecule has 3 rings (SSSR count). The van der Waals surface area contributed by atoms with Gasteiger partial charge in [0.2, 0.25) is 0 Å². The van der Waals surface area contributed by atoms with Gasteiger partial charge in [-0.3, -0.25) is 4.90 Å². The number of rotatable bonds is 4. The summed E-state index contributed by atoms with van der Waals surface area (Å²) in [6.07, 6.45) is 1.15. The number of benzene rings is 1. The lowest BCUT2D eigenvalue weighted by Gasteiger charge is -2.40. The molecule has 0 radical (unpaired) electrons. The van der Waals surface area contributed by atoms with Gasteiger partial charge in [0.1, 0.15) is 0 Å². The van der Waals surface area contributed by atoms with E-state index < -0.39 is 0 Å². The molecule has 1 aromatic carbocycles. The van der Waals surface area contributed by atoms with Crippen molar-refractivity contribution in [3.05, 3.63) is 58.3 Å². The molecule has 2 aromatic rings. The SMILES string of the molecule is CC(Cc1cccs1)N1CCNCC1c1ccccc1. The molecule has 2 unspecified atom stereocenters. The highest BCUT2D eigenvalue weighted by Gasteiger charge is 2.27. The molecule has 20 heavy (non-hydrogen) atoms. The molecule has 1 aromatic heterocycles. The van der Waals surface area contributed by atoms with E-state index in [9.17, 15) is 0 Å². The van der Waals surface area contributed by atoms with E-state index >= 15 is 0 Å². The minimum atomic E-state index is 0.500. The molecule has 106 valence electrons. The summed E-state index contributed by atoms with van der Waals surface area (Å²) < 4.78 is 0. The third kappa shape index (κ3) is 3.11. The second kappa shape index (κ2) is 6.53. The molecule has 1 N–H and O–H groups in total. The Bertz CT molecular complexity index is 509. The molecule has 1 aliphatic heterocycles. The van der Waals surface area contributed by atoms with Crippen LogP contribution >= 0.6 is 11.3 Å². The fourth-order valence-electron chi connectivity index (χ4n) is 3.07. The number of piperazine rings is 1. The largest absolute Gasteiger partial charge is 0.314 e. The van der Waals surface area contributed by atoms with E-state index in [4.69, 9.17) is 0 Å². The summed E-state index contributed by atoms with van der Waals surface area (Å²) in [5.74, 6) is 0. The monoisotopic (exact) mass is 286 g/mol. The van der Waals surface area contributed by atoms with Crippen LogP contribution in [0.25, 0.3) is 0 Å². The van der Waals surface area contributed by atoms with Crippen LogP contribution in [0.3, 0.4) is 0 Å². The predicted octanol–water partition coefficient (Wildman–Crippen LogP) is 3.33. The first-order chi connectivity index (χ1) is 9.84. The third-order valence-corrected chi connectivity index (χ3v) is 5.01. The highest BCUT2D eigenvalue weighted by molar-refractivity contribution is 7.09. The molecule has 1 fully saturated rings. The highest BCUT2D eigenvalue weighted by Crippen LogP contribution is 2.26. The van der Waals surface area contributed by atoms with Crippen molar-refractivity contribution in [3.8, 4) is 0 Å². The summed E-state index contributed by atoms with van der Waals surface area (Å²) >= 11 is 1.87. The molecule has 2 nitrogen and oxygen atoms in total. The van der Waals surface area contributed by atoms with Crippen LogP contribution < -0.4 is 5.32 Å². The third-order valence-electron chi connectivity index (χ3n) is 4.11. The van der Waals surface area contributed by atoms with Crippen LogP contribution in [0.1, 0.15) is 23.4 Å². The molecule has 1 saturated heterocycles. The molecule has 0 spiro atoms. The zero-order chi connectivity index (χ0) is 13.8. The lowest BCUT2D eigenvalue weighted by atomic mass is 10.0. The molecule has 0 aliphatic carbocycles. The second-order valence-corrected chi connectivity index (χ2v) is 6.53. The number of hydrogen-bond donors (Lipinski definition) is 1. The van der Waals surface area contributed by atoms with E-state index in [1.54, 1.807) is 0 Å². The van der Waals surface area contributed by atoms with Crippen LogP contribution in [-0.4, -0.2) is 30.6 Å². The predicted molar refractivity (Wildman–Crippen MR) is 86.2 cm³/mol. The van der Waals surface area contributed by atoms with Gasteiger partial charge < -0.3 is 5.32 Å². The minimum absolute atomic E-state index is 0.500. The fraction of sp³-hybridized carbons (Fsp3) is 0.412. The van der Waals surface area contributed by atoms with E-state index in [1.165, 1.54) is 10.4 Å². The van der Waals surface area contributed by atoms with Crippen molar-refractivity contribution in [2.45, 2.75) is 25.4 Å². The van der Waals surface area contributed by atoms with Crippen LogP contribution in [0.15, 0.2) is 47.8 Å². The maximum absolute atomic E-state index is 3.54. The smallest absolute Gasteiger partial charge is 0.0476 e. The van der Waals surface area contributed by atoms with E-state index in [-0.39, 0.29) is 0 Å². The number of nitrogens with one attached hydrogen (secondary N) is 1. The van der Waals surface area contributed by atoms with Gasteiger partial charge in [0.05, 0.1) is 0 Å². The maximum atomic E-state index is 3.54. The van der Waals surface area contributed by atoms with Crippen molar-refractivity contribution < 1.29 is 0 Å². The Kier molecular flexibility index (Phi) is 4.51. The van der Waals surface area contributed by atoms with E-state index in [0.717, 1.165) is 26.1 Å². The Morgan fingerprint density at radius 3 is 2.85 bits per heavy atom. The summed E-state index contributed by atoms with van der Waals surface area (Å²) in [4.78, 5) is 4.15. The number of hydrogen-bond acceptors (Lipinski definition) is 3. The van der Waals surface area contributed by atoms with E-state index in [2.05, 4.69) is 65.0 Å². The summed E-state index contributed by atoms with van der Waals surface area (Å²) in [6, 6.07) is 16.4. The van der Waals surface area contributed by atoms with Gasteiger partial charge in [-0.05, 0) is 30.4 Å². The topological polar surface area (TPSA) is 15.3 Å². The zero-order valence-corrected chi connectivity index (χ0v) is 12.8. The summed E-state index contributed by atoms with van der Waals surface area (Å²) in [5, 5.41) is 5.71. The molecule has 0 saturated carbocycles. The summed E-state index contributed by atoms with van der Waals surface area (Å²) in [5.41, 5.74) is 1.43. The standard InChI is InChI=1S/C17H22N2S/c1-14(12-16-8-5-11-20-16)19-10-9-18-13-17(19)15-6-3-2-4-7-15/h2-8,11,14,17-18H,9-10,12-13H2,1H3. The Labute approximate surface area is 125 Å². The van der Waals surface area contributed by atoms with Crippen LogP contribution in [0.2, 0.25) is 0 Å². The average molecular weight is 286 g/mol. The van der Waals surface area contributed by atoms with Crippen molar-refractivity contribution >= 4 is 11.3 Å². The first-order valence-corrected chi connectivity index (χ1v) is 8.26. The van der Waals surface area contributed by atoms with Gasteiger partial charge in [-0.25, -0.2) is 0 Å². The van der Waals surface area contributed by atoms with Gasteiger partial charge in [-0.15, -0.1) is 11.3 Å². The first kappa shape index (κ1) is 13.8. The Morgan fingerprint density at radius 1 is 1.25 bits per heavy atom. The minimum Gasteiger partial charge on any atom is -0.314 e. The van der Waals surface area contributed by atoms with Crippen LogP contribution in [0.5, 0.6) is 0 Å². The number of nitrogens with zero attached hydrogens (tertiary/aromatic N) is 1. The van der Waals surface area contributed by atoms with Crippen molar-refractivity contribution in [2.75, 3.05) is 19.6 Å². The van der Waals surface area contributed by atoms with Crippen molar-refractivity contribution in [1.82, 2.24) is 10.2 Å². The zero-order valence-electron chi connectivity index (χ0n) is 12.0. The maximum Gasteiger partial charge on any atom is 0.0476 e. The molecule has 3 heteroatoms. The average Bonchev–Trinajstić information content (AvgIpc) is 3.01. The van der Waals surface area contributed by atoms with Crippen molar-refractivity contribution in [3.63, 3.8) is 0 Å². The summed E-state index contributed by atoms with van der Waals surface area (Å²) in [6.45, 7) is 5.64. The van der Waals surface area contributed by atoms with Gasteiger partial charge >= 0.3 is 0 Å². The Morgan fingerprint density at radius 2 is 2.10 bits per heavy atom. The number of thiophene rings is 1. The van der Waals surface area contributed by atoms with Gasteiger partial charge in [0, 0.05) is 36.6 Å². The van der Waals surface area contributed by atoms with Crippen LogP contribution in [0, 0.1) is 0 Å². The van der Waals surface area contributed by atoms with Gasteiger partial charge in [0.15, 0.2) is 0 Å². The lowest BCUT2D eigenvalue weighted by molar-refractivity contribution is 0.115. The quantitative estimate of drug-likeness (QED) is 0.927.